The molecule has 0 amide bonds. The highest BCUT2D eigenvalue weighted by Crippen LogP contribution is 2.34. The predicted molar refractivity (Wildman–Crippen MR) is 85.7 cm³/mol. The van der Waals surface area contributed by atoms with Crippen LogP contribution in [0.3, 0.4) is 0 Å². The molecule has 2 nitrogen and oxygen atoms in total. The fourth-order valence-electron chi connectivity index (χ4n) is 2.53. The zero-order valence-corrected chi connectivity index (χ0v) is 13.1. The molecule has 1 N–H and O–H groups in total. The minimum absolute atomic E-state index is 0.779. The van der Waals surface area contributed by atoms with E-state index in [4.69, 9.17) is 16.3 Å². The van der Waals surface area contributed by atoms with Crippen molar-refractivity contribution in [1.29, 1.82) is 0 Å². The van der Waals surface area contributed by atoms with Crippen molar-refractivity contribution >= 4 is 11.6 Å². The van der Waals surface area contributed by atoms with Crippen molar-refractivity contribution in [2.75, 3.05) is 14.2 Å². The second kappa shape index (κ2) is 6.29. The van der Waals surface area contributed by atoms with Gasteiger partial charge in [-0.25, -0.2) is 0 Å². The lowest BCUT2D eigenvalue weighted by atomic mass is 9.98. The first-order valence-corrected chi connectivity index (χ1v) is 7.03. The van der Waals surface area contributed by atoms with E-state index in [-0.39, 0.29) is 0 Å². The molecule has 20 heavy (non-hydrogen) atoms. The zero-order chi connectivity index (χ0) is 14.7. The first-order chi connectivity index (χ1) is 9.56. The molecule has 106 valence electrons. The summed E-state index contributed by atoms with van der Waals surface area (Å²) in [4.78, 5) is 0. The first kappa shape index (κ1) is 14.9. The standard InChI is InChI=1S/C17H20ClNO/c1-11-7-14(8-12(2)17(11)20-4)15-6-5-13(10-19-3)9-16(15)18/h5-9,19H,10H2,1-4H3. The Morgan fingerprint density at radius 1 is 1.10 bits per heavy atom. The Bertz CT molecular complexity index is 599. The van der Waals surface area contributed by atoms with E-state index < -0.39 is 0 Å². The minimum atomic E-state index is 0.779. The number of hydrogen-bond acceptors (Lipinski definition) is 2. The lowest BCUT2D eigenvalue weighted by molar-refractivity contribution is 0.408. The van der Waals surface area contributed by atoms with Crippen LogP contribution in [0, 0.1) is 13.8 Å². The molecule has 0 saturated heterocycles. The minimum Gasteiger partial charge on any atom is -0.496 e. The molecule has 0 aliphatic rings. The van der Waals surface area contributed by atoms with E-state index >= 15 is 0 Å². The van der Waals surface area contributed by atoms with Gasteiger partial charge in [0, 0.05) is 17.1 Å². The van der Waals surface area contributed by atoms with Crippen molar-refractivity contribution in [1.82, 2.24) is 5.32 Å². The first-order valence-electron chi connectivity index (χ1n) is 6.65. The van der Waals surface area contributed by atoms with Crippen LogP contribution in [0.1, 0.15) is 16.7 Å². The maximum Gasteiger partial charge on any atom is 0.124 e. The van der Waals surface area contributed by atoms with Crippen LogP contribution in [0.5, 0.6) is 5.75 Å². The summed E-state index contributed by atoms with van der Waals surface area (Å²) in [5.41, 5.74) is 5.61. The van der Waals surface area contributed by atoms with E-state index in [0.29, 0.717) is 0 Å². The molecule has 0 unspecified atom stereocenters. The van der Waals surface area contributed by atoms with Crippen LogP contribution in [0.4, 0.5) is 0 Å². The number of nitrogens with one attached hydrogen (secondary N) is 1. The number of rotatable bonds is 4. The average molecular weight is 290 g/mol. The van der Waals surface area contributed by atoms with Gasteiger partial charge in [0.2, 0.25) is 0 Å². The number of hydrogen-bond donors (Lipinski definition) is 1. The van der Waals surface area contributed by atoms with E-state index in [1.165, 1.54) is 5.56 Å². The summed E-state index contributed by atoms with van der Waals surface area (Å²) in [7, 11) is 3.63. The molecule has 0 heterocycles. The lowest BCUT2D eigenvalue weighted by Gasteiger charge is -2.13. The summed E-state index contributed by atoms with van der Waals surface area (Å²) in [5, 5.41) is 3.91. The monoisotopic (exact) mass is 289 g/mol. The van der Waals surface area contributed by atoms with Gasteiger partial charge in [-0.1, -0.05) is 23.7 Å². The number of ether oxygens (including phenoxy) is 1. The summed E-state index contributed by atoms with van der Waals surface area (Å²) in [6, 6.07) is 10.4. The van der Waals surface area contributed by atoms with Gasteiger partial charge in [-0.2, -0.15) is 0 Å². The molecule has 0 aliphatic heterocycles. The van der Waals surface area contributed by atoms with Crippen molar-refractivity contribution in [3.63, 3.8) is 0 Å². The number of aryl methyl sites for hydroxylation is 2. The largest absolute Gasteiger partial charge is 0.496 e. The van der Waals surface area contributed by atoms with Gasteiger partial charge >= 0.3 is 0 Å². The average Bonchev–Trinajstić information content (AvgIpc) is 2.38. The van der Waals surface area contributed by atoms with Gasteiger partial charge in [0.25, 0.3) is 0 Å². The maximum absolute atomic E-state index is 6.42. The summed E-state index contributed by atoms with van der Waals surface area (Å²) in [5.74, 6) is 0.941. The molecule has 2 rings (SSSR count). The third-order valence-corrected chi connectivity index (χ3v) is 3.70. The third-order valence-electron chi connectivity index (χ3n) is 3.39. The molecule has 2 aromatic rings. The van der Waals surface area contributed by atoms with Crippen molar-refractivity contribution in [2.45, 2.75) is 20.4 Å². The molecular weight excluding hydrogens is 270 g/mol. The molecule has 2 aromatic carbocycles. The Kier molecular flexibility index (Phi) is 4.69. The van der Waals surface area contributed by atoms with Crippen molar-refractivity contribution in [3.05, 3.63) is 52.0 Å². The highest BCUT2D eigenvalue weighted by Gasteiger charge is 2.09. The smallest absolute Gasteiger partial charge is 0.124 e. The Morgan fingerprint density at radius 2 is 1.75 bits per heavy atom. The summed E-state index contributed by atoms with van der Waals surface area (Å²) in [6.45, 7) is 4.93. The van der Waals surface area contributed by atoms with Crippen LogP contribution in [0.15, 0.2) is 30.3 Å². The maximum atomic E-state index is 6.42. The van der Waals surface area contributed by atoms with Gasteiger partial charge in [-0.3, -0.25) is 0 Å². The predicted octanol–water partition coefficient (Wildman–Crippen LogP) is 4.35. The molecular formula is C17H20ClNO. The Labute approximate surface area is 125 Å². The van der Waals surface area contributed by atoms with Gasteiger partial charge in [-0.15, -0.1) is 0 Å². The molecule has 0 aromatic heterocycles. The summed E-state index contributed by atoms with van der Waals surface area (Å²) in [6.07, 6.45) is 0. The molecule has 0 fully saturated rings. The van der Waals surface area contributed by atoms with E-state index in [1.807, 2.05) is 13.1 Å². The van der Waals surface area contributed by atoms with Gasteiger partial charge in [0.1, 0.15) is 5.75 Å². The van der Waals surface area contributed by atoms with E-state index in [9.17, 15) is 0 Å². The normalized spacial score (nSPS) is 10.7. The molecule has 0 bridgehead atoms. The molecule has 0 saturated carbocycles. The molecule has 0 aliphatic carbocycles. The van der Waals surface area contributed by atoms with Crippen LogP contribution in [0.25, 0.3) is 11.1 Å². The summed E-state index contributed by atoms with van der Waals surface area (Å²) >= 11 is 6.42. The van der Waals surface area contributed by atoms with Crippen molar-refractivity contribution < 1.29 is 4.74 Å². The Morgan fingerprint density at radius 3 is 2.25 bits per heavy atom. The van der Waals surface area contributed by atoms with Gasteiger partial charge < -0.3 is 10.1 Å². The fraction of sp³-hybridized carbons (Fsp3) is 0.294. The highest BCUT2D eigenvalue weighted by atomic mass is 35.5. The highest BCUT2D eigenvalue weighted by molar-refractivity contribution is 6.33. The van der Waals surface area contributed by atoms with E-state index in [1.54, 1.807) is 7.11 Å². The molecule has 3 heteroatoms. The third kappa shape index (κ3) is 2.97. The number of benzene rings is 2. The quantitative estimate of drug-likeness (QED) is 0.903. The van der Waals surface area contributed by atoms with E-state index in [2.05, 4.69) is 43.4 Å². The van der Waals surface area contributed by atoms with Gasteiger partial charge in [0.15, 0.2) is 0 Å². The van der Waals surface area contributed by atoms with Crippen LogP contribution in [0.2, 0.25) is 5.02 Å². The fourth-order valence-corrected chi connectivity index (χ4v) is 2.85. The SMILES string of the molecule is CNCc1ccc(-c2cc(C)c(OC)c(C)c2)c(Cl)c1. The van der Waals surface area contributed by atoms with Crippen molar-refractivity contribution in [3.8, 4) is 16.9 Å². The Hall–Kier alpha value is -1.51. The number of methoxy groups -OCH3 is 1. The molecule has 0 spiro atoms. The molecule has 0 atom stereocenters. The second-order valence-corrected chi connectivity index (χ2v) is 5.40. The van der Waals surface area contributed by atoms with Crippen LogP contribution in [-0.4, -0.2) is 14.2 Å². The zero-order valence-electron chi connectivity index (χ0n) is 12.4. The topological polar surface area (TPSA) is 21.3 Å². The molecule has 0 radical (unpaired) electrons. The lowest BCUT2D eigenvalue weighted by Crippen LogP contribution is -2.04. The van der Waals surface area contributed by atoms with Gasteiger partial charge in [0.05, 0.1) is 7.11 Å². The number of halogens is 1. The summed E-state index contributed by atoms with van der Waals surface area (Å²) < 4.78 is 5.41. The van der Waals surface area contributed by atoms with Crippen LogP contribution < -0.4 is 10.1 Å². The van der Waals surface area contributed by atoms with Crippen molar-refractivity contribution in [2.24, 2.45) is 0 Å². The van der Waals surface area contributed by atoms with Gasteiger partial charge in [-0.05, 0) is 61.3 Å². The van der Waals surface area contributed by atoms with Crippen LogP contribution in [-0.2, 0) is 6.54 Å². The van der Waals surface area contributed by atoms with E-state index in [0.717, 1.165) is 39.6 Å². The Balaban J connectivity index is 2.46. The van der Waals surface area contributed by atoms with Crippen LogP contribution >= 0.6 is 11.6 Å². The second-order valence-electron chi connectivity index (χ2n) is 4.99.